The summed E-state index contributed by atoms with van der Waals surface area (Å²) in [6.45, 7) is 0.367. The fourth-order valence-electron chi connectivity index (χ4n) is 2.29. The van der Waals surface area contributed by atoms with Crippen molar-refractivity contribution in [3.8, 4) is 0 Å². The number of aromatic nitrogens is 1. The molecular formula is C14H17N3O5. The molecule has 0 saturated carbocycles. The van der Waals surface area contributed by atoms with Crippen LogP contribution in [0.5, 0.6) is 0 Å². The zero-order chi connectivity index (χ0) is 16.1. The van der Waals surface area contributed by atoms with Crippen LogP contribution in [-0.2, 0) is 14.3 Å². The predicted octanol–water partition coefficient (Wildman–Crippen LogP) is -0.799. The summed E-state index contributed by atoms with van der Waals surface area (Å²) in [7, 11) is 0. The fourth-order valence-corrected chi connectivity index (χ4v) is 2.29. The van der Waals surface area contributed by atoms with Crippen LogP contribution in [0.25, 0.3) is 0 Å². The zero-order valence-corrected chi connectivity index (χ0v) is 11.9. The number of likely N-dealkylation sites (tertiary alicyclic amines) is 1. The molecule has 0 bridgehead atoms. The number of carbonyl (C=O) groups excluding carboxylic acids is 3. The number of pyridine rings is 1. The summed E-state index contributed by atoms with van der Waals surface area (Å²) in [4.78, 5) is 36.4. The van der Waals surface area contributed by atoms with Crippen LogP contribution in [-0.4, -0.2) is 42.4 Å². The first kappa shape index (κ1) is 15.7. The molecule has 1 atom stereocenters. The van der Waals surface area contributed by atoms with E-state index < -0.39 is 18.5 Å². The van der Waals surface area contributed by atoms with Gasteiger partial charge in [0.15, 0.2) is 19.0 Å². The van der Waals surface area contributed by atoms with Crippen molar-refractivity contribution in [2.24, 2.45) is 11.7 Å². The maximum absolute atomic E-state index is 12.0. The Bertz CT molecular complexity index is 572. The minimum absolute atomic E-state index is 0.188. The van der Waals surface area contributed by atoms with Crippen LogP contribution in [0.1, 0.15) is 23.2 Å². The van der Waals surface area contributed by atoms with Gasteiger partial charge in [0.2, 0.25) is 5.91 Å². The molecule has 8 heteroatoms. The minimum atomic E-state index is -0.683. The van der Waals surface area contributed by atoms with Crippen LogP contribution in [0.15, 0.2) is 24.5 Å². The SMILES string of the molecule is NC(=O)[C@H]1CCCN(C(=O)COC(=O)c2cc[n+]([O-])cc2)C1. The molecule has 0 unspecified atom stereocenters. The quantitative estimate of drug-likeness (QED) is 0.444. The monoisotopic (exact) mass is 307 g/mol. The van der Waals surface area contributed by atoms with Crippen LogP contribution in [0.3, 0.4) is 0 Å². The molecule has 1 aromatic heterocycles. The lowest BCUT2D eigenvalue weighted by Gasteiger charge is -2.31. The first-order chi connectivity index (χ1) is 10.5. The van der Waals surface area contributed by atoms with Gasteiger partial charge in [0, 0.05) is 25.2 Å². The van der Waals surface area contributed by atoms with Crippen molar-refractivity contribution in [3.05, 3.63) is 35.3 Å². The minimum Gasteiger partial charge on any atom is -0.619 e. The van der Waals surface area contributed by atoms with Gasteiger partial charge in [-0.3, -0.25) is 9.59 Å². The van der Waals surface area contributed by atoms with Crippen molar-refractivity contribution in [3.63, 3.8) is 0 Å². The Morgan fingerprint density at radius 1 is 1.36 bits per heavy atom. The molecule has 1 aliphatic heterocycles. The number of piperidine rings is 1. The summed E-state index contributed by atoms with van der Waals surface area (Å²) in [5.41, 5.74) is 5.44. The lowest BCUT2D eigenvalue weighted by atomic mass is 9.97. The van der Waals surface area contributed by atoms with Crippen LogP contribution in [0.4, 0.5) is 0 Å². The molecule has 0 aromatic carbocycles. The van der Waals surface area contributed by atoms with Gasteiger partial charge >= 0.3 is 5.97 Å². The maximum atomic E-state index is 12.0. The lowest BCUT2D eigenvalue weighted by molar-refractivity contribution is -0.605. The molecule has 2 N–H and O–H groups in total. The summed E-state index contributed by atoms with van der Waals surface area (Å²) in [6.07, 6.45) is 3.69. The van der Waals surface area contributed by atoms with Crippen molar-refractivity contribution in [1.29, 1.82) is 0 Å². The number of esters is 1. The van der Waals surface area contributed by atoms with Crippen molar-refractivity contribution in [2.75, 3.05) is 19.7 Å². The molecule has 8 nitrogen and oxygen atoms in total. The second kappa shape index (κ2) is 6.88. The van der Waals surface area contributed by atoms with Crippen LogP contribution < -0.4 is 10.5 Å². The number of hydrogen-bond donors (Lipinski definition) is 1. The summed E-state index contributed by atoms with van der Waals surface area (Å²) in [6, 6.07) is 2.62. The van der Waals surface area contributed by atoms with E-state index in [4.69, 9.17) is 10.5 Å². The fraction of sp³-hybridized carbons (Fsp3) is 0.429. The van der Waals surface area contributed by atoms with E-state index in [2.05, 4.69) is 0 Å². The Kier molecular flexibility index (Phi) is 4.92. The van der Waals surface area contributed by atoms with E-state index in [1.54, 1.807) is 0 Å². The van der Waals surface area contributed by atoms with E-state index in [0.717, 1.165) is 0 Å². The first-order valence-electron chi connectivity index (χ1n) is 6.90. The third kappa shape index (κ3) is 3.94. The molecule has 0 aliphatic carbocycles. The molecule has 22 heavy (non-hydrogen) atoms. The average molecular weight is 307 g/mol. The molecule has 2 amide bonds. The molecular weight excluding hydrogens is 290 g/mol. The third-order valence-corrected chi connectivity index (χ3v) is 3.54. The number of rotatable bonds is 4. The lowest BCUT2D eigenvalue weighted by Crippen LogP contribution is -2.45. The van der Waals surface area contributed by atoms with E-state index in [1.165, 1.54) is 29.4 Å². The molecule has 2 heterocycles. The molecule has 1 fully saturated rings. The summed E-state index contributed by atoms with van der Waals surface area (Å²) in [5.74, 6) is -1.83. The van der Waals surface area contributed by atoms with E-state index in [1.807, 2.05) is 0 Å². The van der Waals surface area contributed by atoms with Gasteiger partial charge in [-0.15, -0.1) is 0 Å². The van der Waals surface area contributed by atoms with Crippen molar-refractivity contribution >= 4 is 17.8 Å². The molecule has 1 saturated heterocycles. The second-order valence-electron chi connectivity index (χ2n) is 5.10. The molecule has 0 radical (unpaired) electrons. The molecule has 1 aromatic rings. The highest BCUT2D eigenvalue weighted by atomic mass is 16.5. The van der Waals surface area contributed by atoms with E-state index in [9.17, 15) is 19.6 Å². The van der Waals surface area contributed by atoms with Crippen molar-refractivity contribution < 1.29 is 23.9 Å². The molecule has 2 rings (SSSR count). The van der Waals surface area contributed by atoms with E-state index in [0.29, 0.717) is 24.1 Å². The van der Waals surface area contributed by atoms with Gasteiger partial charge in [0.1, 0.15) is 0 Å². The first-order valence-corrected chi connectivity index (χ1v) is 6.90. The highest BCUT2D eigenvalue weighted by molar-refractivity contribution is 5.91. The van der Waals surface area contributed by atoms with Gasteiger partial charge in [-0.25, -0.2) is 4.79 Å². The molecule has 1 aliphatic rings. The van der Waals surface area contributed by atoms with Gasteiger partial charge in [-0.05, 0) is 12.8 Å². The number of amides is 2. The van der Waals surface area contributed by atoms with Crippen molar-refractivity contribution in [2.45, 2.75) is 12.8 Å². The zero-order valence-electron chi connectivity index (χ0n) is 11.9. The number of hydrogen-bond acceptors (Lipinski definition) is 5. The average Bonchev–Trinajstić information content (AvgIpc) is 2.53. The number of primary amides is 1. The topological polar surface area (TPSA) is 117 Å². The number of ether oxygens (including phenoxy) is 1. The molecule has 0 spiro atoms. The Balaban J connectivity index is 1.85. The second-order valence-corrected chi connectivity index (χ2v) is 5.10. The summed E-state index contributed by atoms with van der Waals surface area (Å²) >= 11 is 0. The standard InChI is InChI=1S/C14H17N3O5/c15-13(19)11-2-1-5-16(8-11)12(18)9-22-14(20)10-3-6-17(21)7-4-10/h3-4,6-7,11H,1-2,5,8-9H2,(H2,15,19)/t11-/m0/s1. The predicted molar refractivity (Wildman–Crippen MR) is 74.2 cm³/mol. The maximum Gasteiger partial charge on any atom is 0.339 e. The van der Waals surface area contributed by atoms with Gasteiger partial charge in [-0.1, -0.05) is 0 Å². The normalized spacial score (nSPS) is 17.8. The number of nitrogens with zero attached hydrogens (tertiary/aromatic N) is 2. The number of carbonyl (C=O) groups is 3. The third-order valence-electron chi connectivity index (χ3n) is 3.54. The van der Waals surface area contributed by atoms with Crippen LogP contribution in [0.2, 0.25) is 0 Å². The van der Waals surface area contributed by atoms with E-state index >= 15 is 0 Å². The highest BCUT2D eigenvalue weighted by Crippen LogP contribution is 2.16. The largest absolute Gasteiger partial charge is 0.619 e. The van der Waals surface area contributed by atoms with E-state index in [-0.39, 0.29) is 23.9 Å². The Morgan fingerprint density at radius 3 is 2.68 bits per heavy atom. The summed E-state index contributed by atoms with van der Waals surface area (Å²) in [5, 5.41) is 10.9. The van der Waals surface area contributed by atoms with Gasteiger partial charge in [0.25, 0.3) is 5.91 Å². The Morgan fingerprint density at radius 2 is 2.05 bits per heavy atom. The summed E-state index contributed by atoms with van der Waals surface area (Å²) < 4.78 is 5.46. The Hall–Kier alpha value is -2.64. The molecule has 118 valence electrons. The Labute approximate surface area is 127 Å². The number of nitrogens with two attached hydrogens (primary N) is 1. The van der Waals surface area contributed by atoms with Gasteiger partial charge in [0.05, 0.1) is 11.5 Å². The van der Waals surface area contributed by atoms with Gasteiger partial charge in [-0.2, -0.15) is 4.73 Å². The smallest absolute Gasteiger partial charge is 0.339 e. The highest BCUT2D eigenvalue weighted by Gasteiger charge is 2.27. The van der Waals surface area contributed by atoms with Crippen molar-refractivity contribution in [1.82, 2.24) is 4.90 Å². The van der Waals surface area contributed by atoms with Crippen LogP contribution >= 0.6 is 0 Å². The van der Waals surface area contributed by atoms with Crippen LogP contribution in [0, 0.1) is 11.1 Å². The van der Waals surface area contributed by atoms with Gasteiger partial charge < -0.3 is 20.6 Å².